The number of ether oxygens (including phenoxy) is 1. The van der Waals surface area contributed by atoms with E-state index in [2.05, 4.69) is 0 Å². The maximum absolute atomic E-state index is 11.7. The van der Waals surface area contributed by atoms with Crippen LogP contribution in [0.1, 0.15) is 18.4 Å². The fourth-order valence-electron chi connectivity index (χ4n) is 1.96. The second-order valence-electron chi connectivity index (χ2n) is 4.21. The molecule has 0 spiro atoms. The normalized spacial score (nSPS) is 20.2. The van der Waals surface area contributed by atoms with Crippen molar-refractivity contribution in [3.63, 3.8) is 0 Å². The van der Waals surface area contributed by atoms with Crippen molar-refractivity contribution in [3.05, 3.63) is 35.9 Å². The van der Waals surface area contributed by atoms with E-state index in [9.17, 15) is 4.79 Å². The van der Waals surface area contributed by atoms with Gasteiger partial charge in [0.05, 0.1) is 0 Å². The number of hydrogen-bond acceptors (Lipinski definition) is 3. The van der Waals surface area contributed by atoms with Gasteiger partial charge in [0, 0.05) is 32.5 Å². The lowest BCUT2D eigenvalue weighted by atomic mass is 10.1. The van der Waals surface area contributed by atoms with E-state index < -0.39 is 0 Å². The fourth-order valence-corrected chi connectivity index (χ4v) is 1.96. The first-order valence-electron chi connectivity index (χ1n) is 5.90. The van der Waals surface area contributed by atoms with Crippen LogP contribution in [0.2, 0.25) is 0 Å². The number of cyclic esters (lactones) is 1. The monoisotopic (exact) mass is 235 g/mol. The number of carbonyl (C=O) groups excluding carboxylic acids is 1. The standard InChI is InChI=1S/C13H17NO3/c15-9-7-12-6-8-14(13(16)17-12)10-11-4-2-1-3-5-11/h1-5,12,15H,6-10H2. The number of carbonyl (C=O) groups is 1. The largest absolute Gasteiger partial charge is 0.446 e. The molecule has 1 heterocycles. The summed E-state index contributed by atoms with van der Waals surface area (Å²) in [6.07, 6.45) is 0.919. The van der Waals surface area contributed by atoms with Crippen LogP contribution in [-0.4, -0.2) is 35.4 Å². The molecule has 0 aliphatic carbocycles. The zero-order chi connectivity index (χ0) is 12.1. The average molecular weight is 235 g/mol. The van der Waals surface area contributed by atoms with Crippen LogP contribution in [0.25, 0.3) is 0 Å². The summed E-state index contributed by atoms with van der Waals surface area (Å²) in [7, 11) is 0. The summed E-state index contributed by atoms with van der Waals surface area (Å²) in [5.74, 6) is 0. The minimum atomic E-state index is -0.279. The Morgan fingerprint density at radius 3 is 2.76 bits per heavy atom. The zero-order valence-electron chi connectivity index (χ0n) is 9.71. The van der Waals surface area contributed by atoms with Crippen molar-refractivity contribution in [2.45, 2.75) is 25.5 Å². The first kappa shape index (κ1) is 11.9. The van der Waals surface area contributed by atoms with Gasteiger partial charge in [0.25, 0.3) is 0 Å². The molecule has 4 heteroatoms. The van der Waals surface area contributed by atoms with Gasteiger partial charge in [-0.3, -0.25) is 0 Å². The molecule has 1 aromatic carbocycles. The fraction of sp³-hybridized carbons (Fsp3) is 0.462. The Bertz CT molecular complexity index is 366. The maximum atomic E-state index is 11.7. The van der Waals surface area contributed by atoms with E-state index in [4.69, 9.17) is 9.84 Å². The summed E-state index contributed by atoms with van der Waals surface area (Å²) in [4.78, 5) is 13.4. The third-order valence-corrected chi connectivity index (χ3v) is 2.91. The number of rotatable bonds is 4. The quantitative estimate of drug-likeness (QED) is 0.865. The lowest BCUT2D eigenvalue weighted by Gasteiger charge is -2.31. The average Bonchev–Trinajstić information content (AvgIpc) is 2.34. The van der Waals surface area contributed by atoms with Gasteiger partial charge in [0.1, 0.15) is 6.10 Å². The van der Waals surface area contributed by atoms with Gasteiger partial charge >= 0.3 is 6.09 Å². The highest BCUT2D eigenvalue weighted by atomic mass is 16.6. The van der Waals surface area contributed by atoms with Crippen molar-refractivity contribution in [1.29, 1.82) is 0 Å². The van der Waals surface area contributed by atoms with Crippen LogP contribution in [0.15, 0.2) is 30.3 Å². The molecule has 0 bridgehead atoms. The number of nitrogens with zero attached hydrogens (tertiary/aromatic N) is 1. The van der Waals surface area contributed by atoms with E-state index in [0.717, 1.165) is 12.0 Å². The number of hydrogen-bond donors (Lipinski definition) is 1. The van der Waals surface area contributed by atoms with E-state index in [-0.39, 0.29) is 18.8 Å². The van der Waals surface area contributed by atoms with Gasteiger partial charge in [-0.25, -0.2) is 4.79 Å². The topological polar surface area (TPSA) is 49.8 Å². The molecule has 1 aromatic rings. The lowest BCUT2D eigenvalue weighted by molar-refractivity contribution is 0.0124. The molecule has 0 saturated carbocycles. The molecule has 17 heavy (non-hydrogen) atoms. The third kappa shape index (κ3) is 3.20. The van der Waals surface area contributed by atoms with Crippen LogP contribution in [0.5, 0.6) is 0 Å². The lowest BCUT2D eigenvalue weighted by Crippen LogP contribution is -2.41. The second-order valence-corrected chi connectivity index (χ2v) is 4.21. The van der Waals surface area contributed by atoms with Crippen molar-refractivity contribution >= 4 is 6.09 Å². The zero-order valence-corrected chi connectivity index (χ0v) is 9.71. The molecule has 1 saturated heterocycles. The predicted molar refractivity (Wildman–Crippen MR) is 63.4 cm³/mol. The number of amides is 1. The number of aliphatic hydroxyl groups excluding tert-OH is 1. The van der Waals surface area contributed by atoms with Crippen LogP contribution in [0.3, 0.4) is 0 Å². The van der Waals surface area contributed by atoms with Gasteiger partial charge in [0.15, 0.2) is 0 Å². The molecule has 1 fully saturated rings. The Balaban J connectivity index is 1.90. The molecular formula is C13H17NO3. The van der Waals surface area contributed by atoms with Crippen LogP contribution >= 0.6 is 0 Å². The Hall–Kier alpha value is -1.55. The van der Waals surface area contributed by atoms with Crippen molar-refractivity contribution in [3.8, 4) is 0 Å². The van der Waals surface area contributed by atoms with E-state index in [1.807, 2.05) is 30.3 Å². The Labute approximate surface area is 101 Å². The summed E-state index contributed by atoms with van der Waals surface area (Å²) in [5, 5.41) is 8.80. The molecule has 1 atom stereocenters. The van der Waals surface area contributed by atoms with E-state index in [1.165, 1.54) is 0 Å². The highest BCUT2D eigenvalue weighted by molar-refractivity contribution is 5.68. The highest BCUT2D eigenvalue weighted by Gasteiger charge is 2.26. The summed E-state index contributed by atoms with van der Waals surface area (Å²) < 4.78 is 5.24. The summed E-state index contributed by atoms with van der Waals surface area (Å²) in [6, 6.07) is 9.86. The van der Waals surface area contributed by atoms with Crippen LogP contribution in [0.4, 0.5) is 4.79 Å². The molecule has 2 rings (SSSR count). The van der Waals surface area contributed by atoms with Crippen LogP contribution in [-0.2, 0) is 11.3 Å². The molecule has 1 aliphatic rings. The minimum absolute atomic E-state index is 0.0661. The van der Waals surface area contributed by atoms with Crippen LogP contribution < -0.4 is 0 Å². The Morgan fingerprint density at radius 2 is 2.12 bits per heavy atom. The highest BCUT2D eigenvalue weighted by Crippen LogP contribution is 2.16. The third-order valence-electron chi connectivity index (χ3n) is 2.91. The molecule has 92 valence electrons. The molecule has 0 radical (unpaired) electrons. The van der Waals surface area contributed by atoms with E-state index in [1.54, 1.807) is 4.90 Å². The first-order chi connectivity index (χ1) is 8.29. The summed E-state index contributed by atoms with van der Waals surface area (Å²) in [6.45, 7) is 1.35. The Morgan fingerprint density at radius 1 is 1.35 bits per heavy atom. The van der Waals surface area contributed by atoms with E-state index >= 15 is 0 Å². The van der Waals surface area contributed by atoms with E-state index in [0.29, 0.717) is 19.5 Å². The molecule has 1 unspecified atom stereocenters. The van der Waals surface area contributed by atoms with Gasteiger partial charge in [-0.1, -0.05) is 30.3 Å². The smallest absolute Gasteiger partial charge is 0.410 e. The summed E-state index contributed by atoms with van der Waals surface area (Å²) >= 11 is 0. The molecular weight excluding hydrogens is 218 g/mol. The van der Waals surface area contributed by atoms with Crippen molar-refractivity contribution in [1.82, 2.24) is 4.90 Å². The Kier molecular flexibility index (Phi) is 3.98. The second kappa shape index (κ2) is 5.68. The summed E-state index contributed by atoms with van der Waals surface area (Å²) in [5.41, 5.74) is 1.10. The van der Waals surface area contributed by atoms with Crippen LogP contribution in [0, 0.1) is 0 Å². The molecule has 4 nitrogen and oxygen atoms in total. The molecule has 1 N–H and O–H groups in total. The number of benzene rings is 1. The van der Waals surface area contributed by atoms with Crippen molar-refractivity contribution in [2.24, 2.45) is 0 Å². The maximum Gasteiger partial charge on any atom is 0.410 e. The van der Waals surface area contributed by atoms with Gasteiger partial charge < -0.3 is 14.7 Å². The SMILES string of the molecule is O=C1OC(CCO)CCN1Cc1ccccc1. The first-order valence-corrected chi connectivity index (χ1v) is 5.90. The minimum Gasteiger partial charge on any atom is -0.446 e. The van der Waals surface area contributed by atoms with Crippen molar-refractivity contribution in [2.75, 3.05) is 13.2 Å². The molecule has 1 amide bonds. The van der Waals surface area contributed by atoms with Gasteiger partial charge in [0.2, 0.25) is 0 Å². The predicted octanol–water partition coefficient (Wildman–Crippen LogP) is 1.78. The van der Waals surface area contributed by atoms with Gasteiger partial charge in [-0.15, -0.1) is 0 Å². The van der Waals surface area contributed by atoms with Gasteiger partial charge in [-0.05, 0) is 5.56 Å². The van der Waals surface area contributed by atoms with Crippen molar-refractivity contribution < 1.29 is 14.6 Å². The molecule has 1 aliphatic heterocycles. The van der Waals surface area contributed by atoms with Gasteiger partial charge in [-0.2, -0.15) is 0 Å². The number of aliphatic hydroxyl groups is 1. The molecule has 0 aromatic heterocycles.